The van der Waals surface area contributed by atoms with Crippen LogP contribution in [-0.2, 0) is 19.6 Å². The molecule has 0 aromatic rings. The molecule has 0 aliphatic carbocycles. The molecule has 1 aliphatic rings. The third-order valence-corrected chi connectivity index (χ3v) is 4.54. The Hall–Kier alpha value is -0.700. The van der Waals surface area contributed by atoms with E-state index in [4.69, 9.17) is 10.5 Å². The van der Waals surface area contributed by atoms with Crippen LogP contribution >= 0.6 is 0 Å². The maximum Gasteiger partial charge on any atom is 0.237 e. The summed E-state index contributed by atoms with van der Waals surface area (Å²) in [6.45, 7) is 1.33. The van der Waals surface area contributed by atoms with Crippen LogP contribution in [0.15, 0.2) is 0 Å². The molecule has 7 nitrogen and oxygen atoms in total. The fraction of sp³-hybridized carbons (Fsp3) is 0.909. The number of carbonyl (C=O) groups is 1. The molecule has 0 aromatic carbocycles. The fourth-order valence-electron chi connectivity index (χ4n) is 2.02. The van der Waals surface area contributed by atoms with Gasteiger partial charge in [0, 0.05) is 32.8 Å². The molecule has 0 bridgehead atoms. The van der Waals surface area contributed by atoms with Crippen molar-refractivity contribution in [2.24, 2.45) is 5.73 Å². The monoisotopic (exact) mass is 293 g/mol. The predicted octanol–water partition coefficient (Wildman–Crippen LogP) is -1.11. The fourth-order valence-corrected chi connectivity index (χ4v) is 2.89. The van der Waals surface area contributed by atoms with Gasteiger partial charge in [0.1, 0.15) is 0 Å². The second-order valence-electron chi connectivity index (χ2n) is 4.83. The Labute approximate surface area is 114 Å². The lowest BCUT2D eigenvalue weighted by molar-refractivity contribution is -0.123. The van der Waals surface area contributed by atoms with Crippen molar-refractivity contribution in [2.75, 3.05) is 33.1 Å². The Morgan fingerprint density at radius 3 is 2.53 bits per heavy atom. The van der Waals surface area contributed by atoms with Crippen molar-refractivity contribution in [1.29, 1.82) is 0 Å². The van der Waals surface area contributed by atoms with E-state index in [0.29, 0.717) is 39.0 Å². The molecule has 1 heterocycles. The predicted molar refractivity (Wildman–Crippen MR) is 72.0 cm³/mol. The van der Waals surface area contributed by atoms with Crippen molar-refractivity contribution in [3.63, 3.8) is 0 Å². The standard InChI is InChI=1S/C11H23N3O4S/c1-18-8-5-10(12)11(15)13-9-3-6-14(7-4-9)19(2,16)17/h9-10H,3-8,12H2,1-2H3,(H,13,15). The number of amides is 1. The number of nitrogens with two attached hydrogens (primary N) is 1. The molecular formula is C11H23N3O4S. The van der Waals surface area contributed by atoms with Gasteiger partial charge in [-0.05, 0) is 19.3 Å². The van der Waals surface area contributed by atoms with Crippen molar-refractivity contribution < 1.29 is 17.9 Å². The molecule has 1 atom stereocenters. The lowest BCUT2D eigenvalue weighted by atomic mass is 10.1. The van der Waals surface area contributed by atoms with E-state index in [9.17, 15) is 13.2 Å². The summed E-state index contributed by atoms with van der Waals surface area (Å²) in [4.78, 5) is 11.8. The molecule has 0 aromatic heterocycles. The van der Waals surface area contributed by atoms with Crippen molar-refractivity contribution in [1.82, 2.24) is 9.62 Å². The zero-order valence-corrected chi connectivity index (χ0v) is 12.3. The first-order valence-electron chi connectivity index (χ1n) is 6.34. The van der Waals surface area contributed by atoms with Crippen LogP contribution < -0.4 is 11.1 Å². The highest BCUT2D eigenvalue weighted by atomic mass is 32.2. The normalized spacial score (nSPS) is 20.2. The molecule has 1 rings (SSSR count). The molecule has 112 valence electrons. The largest absolute Gasteiger partial charge is 0.385 e. The number of nitrogens with one attached hydrogen (secondary N) is 1. The third kappa shape index (κ3) is 5.43. The first-order valence-corrected chi connectivity index (χ1v) is 8.19. The SMILES string of the molecule is COCCC(N)C(=O)NC1CCN(S(C)(=O)=O)CC1. The Morgan fingerprint density at radius 2 is 2.05 bits per heavy atom. The van der Waals surface area contributed by atoms with Gasteiger partial charge in [0.05, 0.1) is 12.3 Å². The summed E-state index contributed by atoms with van der Waals surface area (Å²) in [6, 6.07) is -0.577. The van der Waals surface area contributed by atoms with Gasteiger partial charge in [0.15, 0.2) is 0 Å². The van der Waals surface area contributed by atoms with Crippen LogP contribution in [-0.4, -0.2) is 63.8 Å². The van der Waals surface area contributed by atoms with Gasteiger partial charge in [0.25, 0.3) is 0 Å². The van der Waals surface area contributed by atoms with Gasteiger partial charge >= 0.3 is 0 Å². The van der Waals surface area contributed by atoms with Gasteiger partial charge in [0.2, 0.25) is 15.9 Å². The van der Waals surface area contributed by atoms with E-state index in [0.717, 1.165) is 0 Å². The van der Waals surface area contributed by atoms with Gasteiger partial charge in [-0.1, -0.05) is 0 Å². The lowest BCUT2D eigenvalue weighted by Gasteiger charge is -2.31. The highest BCUT2D eigenvalue weighted by Crippen LogP contribution is 2.13. The van der Waals surface area contributed by atoms with Crippen LogP contribution in [0.1, 0.15) is 19.3 Å². The summed E-state index contributed by atoms with van der Waals surface area (Å²) in [5.41, 5.74) is 5.72. The first kappa shape index (κ1) is 16.4. The Balaban J connectivity index is 2.35. The zero-order chi connectivity index (χ0) is 14.5. The number of piperidine rings is 1. The maximum absolute atomic E-state index is 11.8. The summed E-state index contributed by atoms with van der Waals surface area (Å²) in [7, 11) is -1.57. The Morgan fingerprint density at radius 1 is 1.47 bits per heavy atom. The highest BCUT2D eigenvalue weighted by Gasteiger charge is 2.26. The molecule has 1 aliphatic heterocycles. The van der Waals surface area contributed by atoms with E-state index in [1.54, 1.807) is 7.11 Å². The van der Waals surface area contributed by atoms with E-state index < -0.39 is 16.1 Å². The molecule has 1 saturated heterocycles. The first-order chi connectivity index (χ1) is 8.84. The molecule has 0 spiro atoms. The van der Waals surface area contributed by atoms with Gasteiger partial charge in [-0.2, -0.15) is 0 Å². The minimum absolute atomic E-state index is 0.000838. The molecule has 19 heavy (non-hydrogen) atoms. The smallest absolute Gasteiger partial charge is 0.237 e. The Kier molecular flexibility index (Phi) is 6.18. The van der Waals surface area contributed by atoms with E-state index in [1.807, 2.05) is 0 Å². The van der Waals surface area contributed by atoms with E-state index in [2.05, 4.69) is 5.32 Å². The molecule has 0 radical (unpaired) electrons. The number of carbonyl (C=O) groups excluding carboxylic acids is 1. The number of hydrogen-bond donors (Lipinski definition) is 2. The number of hydrogen-bond acceptors (Lipinski definition) is 5. The van der Waals surface area contributed by atoms with E-state index in [-0.39, 0.29) is 11.9 Å². The number of rotatable bonds is 6. The maximum atomic E-state index is 11.8. The number of methoxy groups -OCH3 is 1. The quantitative estimate of drug-likeness (QED) is 0.646. The molecule has 1 amide bonds. The van der Waals surface area contributed by atoms with Crippen LogP contribution in [0.5, 0.6) is 0 Å². The van der Waals surface area contributed by atoms with Crippen molar-refractivity contribution in [3.05, 3.63) is 0 Å². The highest BCUT2D eigenvalue weighted by molar-refractivity contribution is 7.88. The van der Waals surface area contributed by atoms with Gasteiger partial charge < -0.3 is 15.8 Å². The van der Waals surface area contributed by atoms with Gasteiger partial charge in [-0.25, -0.2) is 12.7 Å². The summed E-state index contributed by atoms with van der Waals surface area (Å²) < 4.78 is 29.0. The number of sulfonamides is 1. The second kappa shape index (κ2) is 7.18. The number of nitrogens with zero attached hydrogens (tertiary/aromatic N) is 1. The minimum atomic E-state index is -3.13. The molecular weight excluding hydrogens is 270 g/mol. The average Bonchev–Trinajstić information content (AvgIpc) is 2.35. The average molecular weight is 293 g/mol. The molecule has 1 fully saturated rings. The summed E-state index contributed by atoms with van der Waals surface area (Å²) in [5.74, 6) is -0.199. The van der Waals surface area contributed by atoms with E-state index in [1.165, 1.54) is 10.6 Å². The van der Waals surface area contributed by atoms with Crippen LogP contribution in [0.4, 0.5) is 0 Å². The van der Waals surface area contributed by atoms with Crippen LogP contribution in [0.25, 0.3) is 0 Å². The second-order valence-corrected chi connectivity index (χ2v) is 6.82. The number of ether oxygens (including phenoxy) is 1. The minimum Gasteiger partial charge on any atom is -0.385 e. The summed E-state index contributed by atoms with van der Waals surface area (Å²) in [5, 5.41) is 2.86. The molecule has 0 saturated carbocycles. The Bertz CT molecular complexity index is 391. The van der Waals surface area contributed by atoms with Crippen molar-refractivity contribution in [3.8, 4) is 0 Å². The van der Waals surface area contributed by atoms with Crippen LogP contribution in [0.3, 0.4) is 0 Å². The third-order valence-electron chi connectivity index (χ3n) is 3.24. The van der Waals surface area contributed by atoms with Crippen LogP contribution in [0, 0.1) is 0 Å². The van der Waals surface area contributed by atoms with E-state index >= 15 is 0 Å². The van der Waals surface area contributed by atoms with Crippen molar-refractivity contribution in [2.45, 2.75) is 31.3 Å². The summed E-state index contributed by atoms with van der Waals surface area (Å²) in [6.07, 6.45) is 2.92. The topological polar surface area (TPSA) is 102 Å². The molecule has 1 unspecified atom stereocenters. The molecule has 3 N–H and O–H groups in total. The van der Waals surface area contributed by atoms with Crippen molar-refractivity contribution >= 4 is 15.9 Å². The van der Waals surface area contributed by atoms with Gasteiger partial charge in [-0.15, -0.1) is 0 Å². The summed E-state index contributed by atoms with van der Waals surface area (Å²) >= 11 is 0. The lowest BCUT2D eigenvalue weighted by Crippen LogP contribution is -2.50. The molecule has 8 heteroatoms. The van der Waals surface area contributed by atoms with Crippen LogP contribution in [0.2, 0.25) is 0 Å². The van der Waals surface area contributed by atoms with Gasteiger partial charge in [-0.3, -0.25) is 4.79 Å². The zero-order valence-electron chi connectivity index (χ0n) is 11.5.